The average molecular weight is 354 g/mol. The van der Waals surface area contributed by atoms with E-state index < -0.39 is 11.7 Å². The van der Waals surface area contributed by atoms with Crippen molar-refractivity contribution in [3.05, 3.63) is 59.8 Å². The van der Waals surface area contributed by atoms with Crippen molar-refractivity contribution < 1.29 is 18.0 Å². The highest BCUT2D eigenvalue weighted by molar-refractivity contribution is 7.99. The van der Waals surface area contributed by atoms with E-state index in [0.717, 1.165) is 29.6 Å². The number of alkyl halides is 3. The lowest BCUT2D eigenvalue weighted by atomic mass is 10.1. The molecule has 1 aromatic carbocycles. The third-order valence-corrected chi connectivity index (χ3v) is 4.59. The van der Waals surface area contributed by atoms with Gasteiger partial charge in [-0.3, -0.25) is 4.79 Å². The third kappa shape index (κ3) is 4.74. The highest BCUT2D eigenvalue weighted by Crippen LogP contribution is 2.29. The molecule has 1 atom stereocenters. The van der Waals surface area contributed by atoms with Gasteiger partial charge in [0.25, 0.3) is 0 Å². The van der Waals surface area contributed by atoms with Gasteiger partial charge >= 0.3 is 6.18 Å². The first-order chi connectivity index (χ1) is 11.3. The highest BCUT2D eigenvalue weighted by Gasteiger charge is 2.30. The van der Waals surface area contributed by atoms with Crippen LogP contribution in [0.2, 0.25) is 0 Å². The Hall–Kier alpha value is -2.02. The van der Waals surface area contributed by atoms with Crippen molar-refractivity contribution in [3.63, 3.8) is 0 Å². The second-order valence-corrected chi connectivity index (χ2v) is 6.26. The van der Waals surface area contributed by atoms with E-state index in [1.54, 1.807) is 11.9 Å². The van der Waals surface area contributed by atoms with Crippen LogP contribution in [0, 0.1) is 0 Å². The molecule has 0 bridgehead atoms. The number of pyridine rings is 1. The molecule has 3 nitrogen and oxygen atoms in total. The van der Waals surface area contributed by atoms with Crippen molar-refractivity contribution >= 4 is 17.7 Å². The predicted molar refractivity (Wildman–Crippen MR) is 87.6 cm³/mol. The van der Waals surface area contributed by atoms with Crippen molar-refractivity contribution in [1.82, 2.24) is 9.88 Å². The summed E-state index contributed by atoms with van der Waals surface area (Å²) in [6.45, 7) is 1.92. The van der Waals surface area contributed by atoms with Crippen LogP contribution < -0.4 is 0 Å². The molecular weight excluding hydrogens is 337 g/mol. The molecule has 1 heterocycles. The molecule has 24 heavy (non-hydrogen) atoms. The minimum atomic E-state index is -4.41. The predicted octanol–water partition coefficient (Wildman–Crippen LogP) is 4.41. The van der Waals surface area contributed by atoms with Crippen LogP contribution >= 0.6 is 11.8 Å². The first-order valence-corrected chi connectivity index (χ1v) is 8.24. The Balaban J connectivity index is 1.93. The van der Waals surface area contributed by atoms with Crippen LogP contribution in [0.15, 0.2) is 53.7 Å². The van der Waals surface area contributed by atoms with Gasteiger partial charge in [0.15, 0.2) is 0 Å². The molecule has 128 valence electrons. The van der Waals surface area contributed by atoms with Gasteiger partial charge in [-0.15, -0.1) is 0 Å². The number of thioether (sulfide) groups is 1. The molecule has 0 saturated heterocycles. The van der Waals surface area contributed by atoms with Gasteiger partial charge in [0.05, 0.1) is 22.4 Å². The van der Waals surface area contributed by atoms with Crippen LogP contribution in [-0.4, -0.2) is 28.6 Å². The van der Waals surface area contributed by atoms with Gasteiger partial charge in [-0.2, -0.15) is 13.2 Å². The number of nitrogens with zero attached hydrogens (tertiary/aromatic N) is 2. The Morgan fingerprint density at radius 2 is 1.88 bits per heavy atom. The third-order valence-electron chi connectivity index (χ3n) is 3.66. The molecule has 0 aliphatic heterocycles. The lowest BCUT2D eigenvalue weighted by Gasteiger charge is -2.25. The van der Waals surface area contributed by atoms with Crippen LogP contribution in [-0.2, 0) is 11.0 Å². The molecule has 1 aromatic heterocycles. The molecular formula is C17H17F3N2OS. The van der Waals surface area contributed by atoms with E-state index in [1.165, 1.54) is 6.07 Å². The quantitative estimate of drug-likeness (QED) is 0.746. The van der Waals surface area contributed by atoms with Crippen molar-refractivity contribution in [3.8, 4) is 0 Å². The summed E-state index contributed by atoms with van der Waals surface area (Å²) in [5, 5.41) is 0.386. The maximum Gasteiger partial charge on any atom is 0.417 e. The Bertz CT molecular complexity index is 674. The van der Waals surface area contributed by atoms with Gasteiger partial charge in [-0.05, 0) is 24.6 Å². The average Bonchev–Trinajstić information content (AvgIpc) is 2.58. The number of aromatic nitrogens is 1. The van der Waals surface area contributed by atoms with Crippen molar-refractivity contribution in [2.24, 2.45) is 0 Å². The fourth-order valence-corrected chi connectivity index (χ4v) is 2.81. The summed E-state index contributed by atoms with van der Waals surface area (Å²) < 4.78 is 37.4. The minimum absolute atomic E-state index is 0.0835. The molecule has 0 unspecified atom stereocenters. The molecule has 1 amide bonds. The number of benzene rings is 1. The van der Waals surface area contributed by atoms with Gasteiger partial charge in [-0.25, -0.2) is 4.98 Å². The lowest BCUT2D eigenvalue weighted by Crippen LogP contribution is -2.31. The van der Waals surface area contributed by atoms with Crippen LogP contribution in [0.4, 0.5) is 13.2 Å². The maximum atomic E-state index is 12.5. The topological polar surface area (TPSA) is 33.2 Å². The van der Waals surface area contributed by atoms with Crippen molar-refractivity contribution in [1.29, 1.82) is 0 Å². The van der Waals surface area contributed by atoms with E-state index in [9.17, 15) is 18.0 Å². The Morgan fingerprint density at radius 3 is 2.42 bits per heavy atom. The van der Waals surface area contributed by atoms with Gasteiger partial charge in [0.2, 0.25) is 5.91 Å². The number of hydrogen-bond acceptors (Lipinski definition) is 3. The molecule has 2 rings (SSSR count). The largest absolute Gasteiger partial charge is 0.417 e. The highest BCUT2D eigenvalue weighted by atomic mass is 32.2. The maximum absolute atomic E-state index is 12.5. The van der Waals surface area contributed by atoms with Gasteiger partial charge in [-0.1, -0.05) is 42.1 Å². The lowest BCUT2D eigenvalue weighted by molar-refractivity contribution is -0.138. The monoisotopic (exact) mass is 354 g/mol. The van der Waals surface area contributed by atoms with Crippen LogP contribution in [0.1, 0.15) is 24.1 Å². The molecule has 7 heteroatoms. The summed E-state index contributed by atoms with van der Waals surface area (Å²) >= 11 is 1.12. The van der Waals surface area contributed by atoms with E-state index in [4.69, 9.17) is 0 Å². The smallest absolute Gasteiger partial charge is 0.338 e. The fraction of sp³-hybridized carbons (Fsp3) is 0.294. The zero-order valence-corrected chi connectivity index (χ0v) is 14.1. The van der Waals surface area contributed by atoms with Gasteiger partial charge in [0.1, 0.15) is 0 Å². The van der Waals surface area contributed by atoms with Crippen LogP contribution in [0.3, 0.4) is 0 Å². The van der Waals surface area contributed by atoms with E-state index in [0.29, 0.717) is 5.03 Å². The molecule has 0 saturated carbocycles. The summed E-state index contributed by atoms with van der Waals surface area (Å²) in [7, 11) is 1.71. The van der Waals surface area contributed by atoms with Gasteiger partial charge < -0.3 is 4.90 Å². The summed E-state index contributed by atoms with van der Waals surface area (Å²) in [5.74, 6) is 0.00419. The zero-order valence-electron chi connectivity index (χ0n) is 13.2. The van der Waals surface area contributed by atoms with E-state index >= 15 is 0 Å². The normalized spacial score (nSPS) is 12.7. The zero-order chi connectivity index (χ0) is 17.7. The number of rotatable bonds is 5. The number of amides is 1. The fourth-order valence-electron chi connectivity index (χ4n) is 2.04. The first kappa shape index (κ1) is 18.3. The molecule has 0 radical (unpaired) electrons. The minimum Gasteiger partial charge on any atom is -0.338 e. The van der Waals surface area contributed by atoms with Gasteiger partial charge in [0, 0.05) is 13.2 Å². The Kier molecular flexibility index (Phi) is 5.88. The Morgan fingerprint density at radius 1 is 1.21 bits per heavy atom. The number of carbonyl (C=O) groups excluding carboxylic acids is 1. The molecule has 0 aliphatic carbocycles. The van der Waals surface area contributed by atoms with E-state index in [2.05, 4.69) is 4.98 Å². The van der Waals surface area contributed by atoms with Crippen molar-refractivity contribution in [2.75, 3.05) is 12.8 Å². The number of halogens is 3. The summed E-state index contributed by atoms with van der Waals surface area (Å²) in [6, 6.07) is 11.8. The standard InChI is InChI=1S/C17H17F3N2OS/c1-12(13-6-4-3-5-7-13)22(2)16(23)11-24-15-9-8-14(10-21-15)17(18,19)20/h3-10,12H,11H2,1-2H3/t12-/m1/s1. The number of hydrogen-bond donors (Lipinski definition) is 0. The second kappa shape index (κ2) is 7.70. The molecule has 0 fully saturated rings. The van der Waals surface area contributed by atoms with Crippen LogP contribution in [0.5, 0.6) is 0 Å². The Labute approximate surface area is 142 Å². The summed E-state index contributed by atoms with van der Waals surface area (Å²) in [5.41, 5.74) is 0.221. The van der Waals surface area contributed by atoms with E-state index in [1.807, 2.05) is 37.3 Å². The molecule has 2 aromatic rings. The van der Waals surface area contributed by atoms with Crippen molar-refractivity contribution in [2.45, 2.75) is 24.2 Å². The van der Waals surface area contributed by atoms with Crippen LogP contribution in [0.25, 0.3) is 0 Å². The molecule has 0 spiro atoms. The summed E-state index contributed by atoms with van der Waals surface area (Å²) in [4.78, 5) is 17.6. The second-order valence-electron chi connectivity index (χ2n) is 5.26. The molecule has 0 N–H and O–H groups in total. The molecule has 0 aliphatic rings. The first-order valence-electron chi connectivity index (χ1n) is 7.25. The number of carbonyl (C=O) groups is 1. The SMILES string of the molecule is C[C@H](c1ccccc1)N(C)C(=O)CSc1ccc(C(F)(F)F)cn1. The summed E-state index contributed by atoms with van der Waals surface area (Å²) in [6.07, 6.45) is -3.62. The van der Waals surface area contributed by atoms with E-state index in [-0.39, 0.29) is 17.7 Å².